The number of nitrogens with zero attached hydrogens (tertiary/aromatic N) is 1. The van der Waals surface area contributed by atoms with Crippen molar-refractivity contribution in [3.63, 3.8) is 0 Å². The lowest BCUT2D eigenvalue weighted by Crippen LogP contribution is -2.25. The van der Waals surface area contributed by atoms with E-state index in [0.717, 1.165) is 11.1 Å². The van der Waals surface area contributed by atoms with Gasteiger partial charge in [-0.3, -0.25) is 14.7 Å². The quantitative estimate of drug-likeness (QED) is 0.271. The van der Waals surface area contributed by atoms with Gasteiger partial charge in [-0.2, -0.15) is 5.10 Å². The normalized spacial score (nSPS) is 10.9. The van der Waals surface area contributed by atoms with E-state index in [1.54, 1.807) is 43.6 Å². The summed E-state index contributed by atoms with van der Waals surface area (Å²) < 4.78 is 23.0. The third kappa shape index (κ3) is 6.44. The second-order valence-corrected chi connectivity index (χ2v) is 8.72. The van der Waals surface area contributed by atoms with Crippen molar-refractivity contribution in [2.24, 2.45) is 0 Å². The van der Waals surface area contributed by atoms with Crippen LogP contribution >= 0.6 is 11.6 Å². The van der Waals surface area contributed by atoms with Crippen LogP contribution in [0.3, 0.4) is 0 Å². The summed E-state index contributed by atoms with van der Waals surface area (Å²) in [7, 11) is 1.56. The topological polar surface area (TPSA) is 109 Å². The zero-order valence-electron chi connectivity index (χ0n) is 20.1. The molecule has 2 aromatic heterocycles. The molecule has 3 N–H and O–H groups in total. The van der Waals surface area contributed by atoms with Gasteiger partial charge >= 0.3 is 0 Å². The minimum absolute atomic E-state index is 0.0348. The predicted molar refractivity (Wildman–Crippen MR) is 138 cm³/mol. The largest absolute Gasteiger partial charge is 0.463 e. The van der Waals surface area contributed by atoms with Crippen LogP contribution in [0.25, 0.3) is 0 Å². The number of ether oxygens (including phenoxy) is 2. The Hall–Kier alpha value is -3.95. The van der Waals surface area contributed by atoms with Crippen LogP contribution in [0.1, 0.15) is 44.0 Å². The number of pyridine rings is 1. The van der Waals surface area contributed by atoms with E-state index >= 15 is 0 Å². The van der Waals surface area contributed by atoms with Crippen LogP contribution in [0.2, 0.25) is 5.02 Å². The fourth-order valence-electron chi connectivity index (χ4n) is 3.99. The second-order valence-electron chi connectivity index (χ2n) is 8.31. The minimum Gasteiger partial charge on any atom is -0.463 e. The van der Waals surface area contributed by atoms with Crippen molar-refractivity contribution in [1.29, 1.82) is 0 Å². The number of carbonyl (C=O) groups excluding carboxylic acids is 1. The number of H-pyrrole nitrogens is 2. The molecule has 0 aliphatic heterocycles. The Morgan fingerprint density at radius 2 is 1.81 bits per heavy atom. The van der Waals surface area contributed by atoms with Gasteiger partial charge in [-0.1, -0.05) is 48.0 Å². The lowest BCUT2D eigenvalue weighted by Gasteiger charge is -2.12. The SMILES string of the molecule is COCc1[nH]nc(C(=O)NCc2c(Cl)cccc2OCF)c1Cc1ccc(Cc2ccc[nH]c2=O)cc1. The summed E-state index contributed by atoms with van der Waals surface area (Å²) in [5.74, 6) is -0.158. The van der Waals surface area contributed by atoms with Crippen LogP contribution in [-0.4, -0.2) is 35.1 Å². The molecule has 37 heavy (non-hydrogen) atoms. The molecular formula is C27H26ClFN4O4. The van der Waals surface area contributed by atoms with Gasteiger partial charge in [0, 0.05) is 54.4 Å². The summed E-state index contributed by atoms with van der Waals surface area (Å²) in [6.45, 7) is -0.720. The Balaban J connectivity index is 1.51. The average molecular weight is 525 g/mol. The van der Waals surface area contributed by atoms with Crippen LogP contribution in [0.4, 0.5) is 4.39 Å². The van der Waals surface area contributed by atoms with E-state index in [0.29, 0.717) is 40.2 Å². The Kier molecular flexibility index (Phi) is 8.71. The molecular weight excluding hydrogens is 499 g/mol. The molecule has 0 saturated carbocycles. The molecule has 4 aromatic rings. The number of amides is 1. The number of halogens is 2. The Morgan fingerprint density at radius 1 is 1.05 bits per heavy atom. The van der Waals surface area contributed by atoms with Crippen molar-refractivity contribution in [2.45, 2.75) is 26.0 Å². The molecule has 0 aliphatic carbocycles. The molecule has 4 rings (SSSR count). The van der Waals surface area contributed by atoms with E-state index in [1.807, 2.05) is 24.3 Å². The summed E-state index contributed by atoms with van der Waals surface area (Å²) in [4.78, 5) is 27.7. The predicted octanol–water partition coefficient (Wildman–Crippen LogP) is 4.32. The monoisotopic (exact) mass is 524 g/mol. The van der Waals surface area contributed by atoms with Crippen LogP contribution in [0.5, 0.6) is 5.75 Å². The highest BCUT2D eigenvalue weighted by Gasteiger charge is 2.21. The maximum absolute atomic E-state index is 13.1. The van der Waals surface area contributed by atoms with Crippen molar-refractivity contribution in [1.82, 2.24) is 20.5 Å². The Morgan fingerprint density at radius 3 is 2.51 bits per heavy atom. The Labute approximate surface area is 217 Å². The summed E-state index contributed by atoms with van der Waals surface area (Å²) >= 11 is 6.24. The molecule has 0 radical (unpaired) electrons. The summed E-state index contributed by atoms with van der Waals surface area (Å²) in [5, 5.41) is 10.3. The maximum atomic E-state index is 13.1. The number of carbonyl (C=O) groups is 1. The van der Waals surface area contributed by atoms with Crippen molar-refractivity contribution < 1.29 is 18.7 Å². The number of methoxy groups -OCH3 is 1. The van der Waals surface area contributed by atoms with Crippen LogP contribution in [0, 0.1) is 0 Å². The Bertz CT molecular complexity index is 1420. The molecule has 1 amide bonds. The molecule has 10 heteroatoms. The number of hydrogen-bond donors (Lipinski definition) is 3. The summed E-state index contributed by atoms with van der Waals surface area (Å²) in [5.41, 5.74) is 4.62. The lowest BCUT2D eigenvalue weighted by atomic mass is 9.99. The van der Waals surface area contributed by atoms with Gasteiger partial charge in [0.1, 0.15) is 5.75 Å². The van der Waals surface area contributed by atoms with Crippen LogP contribution < -0.4 is 15.6 Å². The van der Waals surface area contributed by atoms with E-state index in [2.05, 4.69) is 20.5 Å². The van der Waals surface area contributed by atoms with Crippen molar-refractivity contribution in [3.8, 4) is 5.75 Å². The zero-order valence-corrected chi connectivity index (χ0v) is 20.9. The molecule has 0 bridgehead atoms. The summed E-state index contributed by atoms with van der Waals surface area (Å²) in [6, 6.07) is 16.3. The molecule has 2 aromatic carbocycles. The van der Waals surface area contributed by atoms with Gasteiger partial charge in [0.25, 0.3) is 11.5 Å². The third-order valence-electron chi connectivity index (χ3n) is 5.87. The van der Waals surface area contributed by atoms with E-state index in [-0.39, 0.29) is 30.2 Å². The van der Waals surface area contributed by atoms with E-state index < -0.39 is 12.8 Å². The first kappa shape index (κ1) is 26.1. The van der Waals surface area contributed by atoms with Gasteiger partial charge in [-0.25, -0.2) is 4.39 Å². The molecule has 0 atom stereocenters. The number of hydrogen-bond acceptors (Lipinski definition) is 5. The fraction of sp³-hybridized carbons (Fsp3) is 0.222. The first-order valence-electron chi connectivity index (χ1n) is 11.5. The van der Waals surface area contributed by atoms with Gasteiger partial charge in [-0.05, 0) is 29.3 Å². The first-order valence-corrected chi connectivity index (χ1v) is 11.9. The average Bonchev–Trinajstić information content (AvgIpc) is 3.28. The number of aromatic nitrogens is 3. The van der Waals surface area contributed by atoms with Crippen molar-refractivity contribution >= 4 is 17.5 Å². The van der Waals surface area contributed by atoms with Gasteiger partial charge in [0.05, 0.1) is 12.3 Å². The third-order valence-corrected chi connectivity index (χ3v) is 6.22. The highest BCUT2D eigenvalue weighted by molar-refractivity contribution is 6.31. The number of nitrogens with one attached hydrogen (secondary N) is 3. The number of alkyl halides is 1. The molecule has 0 aliphatic rings. The molecule has 192 valence electrons. The number of benzene rings is 2. The first-order chi connectivity index (χ1) is 18.0. The number of aromatic amines is 2. The van der Waals surface area contributed by atoms with Crippen LogP contribution in [0.15, 0.2) is 65.6 Å². The van der Waals surface area contributed by atoms with Crippen LogP contribution in [-0.2, 0) is 30.7 Å². The fourth-order valence-corrected chi connectivity index (χ4v) is 4.23. The number of rotatable bonds is 11. The van der Waals surface area contributed by atoms with E-state index in [9.17, 15) is 14.0 Å². The van der Waals surface area contributed by atoms with Gasteiger partial charge in [0.15, 0.2) is 5.69 Å². The highest BCUT2D eigenvalue weighted by atomic mass is 35.5. The van der Waals surface area contributed by atoms with Crippen molar-refractivity contribution in [2.75, 3.05) is 14.0 Å². The highest BCUT2D eigenvalue weighted by Crippen LogP contribution is 2.27. The second kappa shape index (κ2) is 12.3. The van der Waals surface area contributed by atoms with Gasteiger partial charge in [-0.15, -0.1) is 0 Å². The smallest absolute Gasteiger partial charge is 0.272 e. The zero-order chi connectivity index (χ0) is 26.2. The standard InChI is InChI=1S/C27H26ClFN4O4/c1-36-15-23-20(13-18-9-7-17(8-10-18)12-19-4-3-11-30-26(19)34)25(33-32-23)27(35)31-14-21-22(28)5-2-6-24(21)37-16-29/h2-11H,12-16H2,1H3,(H,30,34)(H,31,35)(H,32,33). The maximum Gasteiger partial charge on any atom is 0.272 e. The molecule has 2 heterocycles. The lowest BCUT2D eigenvalue weighted by molar-refractivity contribution is 0.0944. The molecule has 0 saturated heterocycles. The molecule has 0 spiro atoms. The van der Waals surface area contributed by atoms with E-state index in [4.69, 9.17) is 21.1 Å². The minimum atomic E-state index is -1.01. The molecule has 0 unspecified atom stereocenters. The van der Waals surface area contributed by atoms with Gasteiger partial charge in [0.2, 0.25) is 6.86 Å². The molecule has 8 nitrogen and oxygen atoms in total. The summed E-state index contributed by atoms with van der Waals surface area (Å²) in [6.07, 6.45) is 2.56. The van der Waals surface area contributed by atoms with Crippen molar-refractivity contribution in [3.05, 3.63) is 115 Å². The molecule has 0 fully saturated rings. The van der Waals surface area contributed by atoms with Gasteiger partial charge < -0.3 is 19.8 Å². The van der Waals surface area contributed by atoms with E-state index in [1.165, 1.54) is 0 Å².